The largest absolute Gasteiger partial charge is 0.379 e. The third kappa shape index (κ3) is 4.36. The van der Waals surface area contributed by atoms with Crippen LogP contribution in [-0.4, -0.2) is 32.5 Å². The van der Waals surface area contributed by atoms with Gasteiger partial charge in [-0.3, -0.25) is 0 Å². The summed E-state index contributed by atoms with van der Waals surface area (Å²) in [5.41, 5.74) is 0.156. The van der Waals surface area contributed by atoms with Crippen molar-refractivity contribution in [3.63, 3.8) is 0 Å². The highest BCUT2D eigenvalue weighted by atomic mass is 28.3. The fraction of sp³-hybridized carbons (Fsp3) is 1.00. The van der Waals surface area contributed by atoms with Crippen molar-refractivity contribution < 1.29 is 4.74 Å². The normalized spacial score (nSPS) is 15.0. The predicted molar refractivity (Wildman–Crippen MR) is 85.0 cm³/mol. The average Bonchev–Trinajstić information content (AvgIpc) is 2.15. The standard InChI is InChI=1S/C15H35NOSi/c1-13(2,3)18(9,10)15(6,7)17-12-11-14(4,5)16-8/h16H,11-12H2,1-10H3. The summed E-state index contributed by atoms with van der Waals surface area (Å²) in [5.74, 6) is 0. The molecule has 110 valence electrons. The van der Waals surface area contributed by atoms with Gasteiger partial charge in [0.25, 0.3) is 0 Å². The van der Waals surface area contributed by atoms with Crippen LogP contribution in [0.25, 0.3) is 0 Å². The molecule has 0 atom stereocenters. The van der Waals surface area contributed by atoms with Crippen LogP contribution in [0.5, 0.6) is 0 Å². The number of rotatable bonds is 6. The first-order valence-corrected chi connectivity index (χ1v) is 10.1. The van der Waals surface area contributed by atoms with E-state index in [1.807, 2.05) is 7.05 Å². The first-order valence-electron chi connectivity index (χ1n) is 7.10. The highest BCUT2D eigenvalue weighted by molar-refractivity contribution is 6.82. The maximum Gasteiger partial charge on any atom is 0.0900 e. The van der Waals surface area contributed by atoms with E-state index in [1.54, 1.807) is 0 Å². The lowest BCUT2D eigenvalue weighted by Crippen LogP contribution is -2.58. The molecule has 2 nitrogen and oxygen atoms in total. The molecule has 0 radical (unpaired) electrons. The summed E-state index contributed by atoms with van der Waals surface area (Å²) >= 11 is 0. The summed E-state index contributed by atoms with van der Waals surface area (Å²) in [7, 11) is 0.531. The van der Waals surface area contributed by atoms with Gasteiger partial charge in [0.1, 0.15) is 0 Å². The van der Waals surface area contributed by atoms with Gasteiger partial charge >= 0.3 is 0 Å². The first-order chi connectivity index (χ1) is 7.77. The molecule has 0 bridgehead atoms. The van der Waals surface area contributed by atoms with E-state index >= 15 is 0 Å². The summed E-state index contributed by atoms with van der Waals surface area (Å²) < 4.78 is 6.28. The second kappa shape index (κ2) is 5.64. The predicted octanol–water partition coefficient (Wildman–Crippen LogP) is 4.22. The molecule has 1 N–H and O–H groups in total. The zero-order valence-corrected chi connectivity index (χ0v) is 15.3. The van der Waals surface area contributed by atoms with Crippen molar-refractivity contribution in [2.24, 2.45) is 0 Å². The third-order valence-electron chi connectivity index (χ3n) is 5.25. The van der Waals surface area contributed by atoms with Crippen LogP contribution in [0.15, 0.2) is 0 Å². The van der Waals surface area contributed by atoms with Crippen LogP contribution in [0.1, 0.15) is 54.9 Å². The fourth-order valence-electron chi connectivity index (χ4n) is 1.77. The number of hydrogen-bond donors (Lipinski definition) is 1. The molecule has 0 saturated heterocycles. The molecule has 0 aliphatic heterocycles. The maximum absolute atomic E-state index is 6.28. The smallest absolute Gasteiger partial charge is 0.0900 e. The minimum Gasteiger partial charge on any atom is -0.379 e. The third-order valence-corrected chi connectivity index (χ3v) is 12.2. The molecular weight excluding hydrogens is 238 g/mol. The molecule has 0 amide bonds. The molecule has 3 heteroatoms. The Morgan fingerprint density at radius 1 is 0.944 bits per heavy atom. The fourth-order valence-corrected chi connectivity index (χ4v) is 4.04. The van der Waals surface area contributed by atoms with Crippen molar-refractivity contribution in [3.8, 4) is 0 Å². The van der Waals surface area contributed by atoms with Gasteiger partial charge in [0, 0.05) is 12.1 Å². The minimum absolute atomic E-state index is 0.00900. The van der Waals surface area contributed by atoms with Gasteiger partial charge in [-0.2, -0.15) is 0 Å². The molecule has 0 spiro atoms. The van der Waals surface area contributed by atoms with E-state index in [0.717, 1.165) is 13.0 Å². The molecule has 0 aromatic carbocycles. The first kappa shape index (κ1) is 18.1. The van der Waals surface area contributed by atoms with Gasteiger partial charge in [0.15, 0.2) is 0 Å². The van der Waals surface area contributed by atoms with Crippen LogP contribution in [0.2, 0.25) is 18.1 Å². The number of hydrogen-bond acceptors (Lipinski definition) is 2. The molecule has 0 aromatic heterocycles. The van der Waals surface area contributed by atoms with Crippen LogP contribution < -0.4 is 5.32 Å². The van der Waals surface area contributed by atoms with E-state index < -0.39 is 8.07 Å². The average molecular weight is 274 g/mol. The molecule has 0 fully saturated rings. The Balaban J connectivity index is 4.59. The Hall–Kier alpha value is 0.137. The molecule has 0 aliphatic carbocycles. The zero-order chi connectivity index (χ0) is 14.8. The summed E-state index contributed by atoms with van der Waals surface area (Å²) in [6.07, 6.45) is 1.04. The maximum atomic E-state index is 6.28. The lowest BCUT2D eigenvalue weighted by Gasteiger charge is -2.48. The van der Waals surface area contributed by atoms with Gasteiger partial charge in [-0.25, -0.2) is 0 Å². The van der Waals surface area contributed by atoms with E-state index in [2.05, 4.69) is 66.9 Å². The van der Waals surface area contributed by atoms with Gasteiger partial charge in [-0.05, 0) is 46.2 Å². The van der Waals surface area contributed by atoms with Crippen molar-refractivity contribution in [2.45, 2.75) is 83.8 Å². The molecular formula is C15H35NOSi. The summed E-state index contributed by atoms with van der Waals surface area (Å²) in [4.78, 5) is 0. The van der Waals surface area contributed by atoms with Gasteiger partial charge in [0.05, 0.1) is 13.3 Å². The van der Waals surface area contributed by atoms with Crippen molar-refractivity contribution in [1.29, 1.82) is 0 Å². The topological polar surface area (TPSA) is 21.3 Å². The lowest BCUT2D eigenvalue weighted by molar-refractivity contribution is 0.0233. The SMILES string of the molecule is CNC(C)(C)CCOC(C)(C)[Si](C)(C)C(C)(C)C. The summed E-state index contributed by atoms with van der Waals surface area (Å²) in [6.45, 7) is 21.7. The number of nitrogens with one attached hydrogen (secondary N) is 1. The molecule has 0 aromatic rings. The van der Waals surface area contributed by atoms with Crippen molar-refractivity contribution >= 4 is 8.07 Å². The minimum atomic E-state index is -1.48. The molecule has 0 unspecified atom stereocenters. The molecule has 0 rings (SSSR count). The highest BCUT2D eigenvalue weighted by Gasteiger charge is 2.48. The van der Waals surface area contributed by atoms with Gasteiger partial charge in [-0.15, -0.1) is 0 Å². The van der Waals surface area contributed by atoms with E-state index in [1.165, 1.54) is 0 Å². The quantitative estimate of drug-likeness (QED) is 0.732. The van der Waals surface area contributed by atoms with Crippen LogP contribution in [0.3, 0.4) is 0 Å². The van der Waals surface area contributed by atoms with Gasteiger partial charge in [-0.1, -0.05) is 33.9 Å². The van der Waals surface area contributed by atoms with Crippen LogP contribution in [0.4, 0.5) is 0 Å². The van der Waals surface area contributed by atoms with E-state index in [4.69, 9.17) is 4.74 Å². The van der Waals surface area contributed by atoms with Gasteiger partial charge < -0.3 is 10.1 Å². The highest BCUT2D eigenvalue weighted by Crippen LogP contribution is 2.44. The Kier molecular flexibility index (Phi) is 5.68. The number of ether oxygens (including phenoxy) is 1. The van der Waals surface area contributed by atoms with E-state index in [9.17, 15) is 0 Å². The summed E-state index contributed by atoms with van der Waals surface area (Å²) in [5, 5.41) is 3.69. The Morgan fingerprint density at radius 2 is 1.39 bits per heavy atom. The van der Waals surface area contributed by atoms with E-state index in [0.29, 0.717) is 5.04 Å². The zero-order valence-electron chi connectivity index (χ0n) is 14.3. The Morgan fingerprint density at radius 3 is 1.72 bits per heavy atom. The van der Waals surface area contributed by atoms with Crippen LogP contribution in [0, 0.1) is 0 Å². The molecule has 0 saturated carbocycles. The van der Waals surface area contributed by atoms with Crippen LogP contribution >= 0.6 is 0 Å². The van der Waals surface area contributed by atoms with E-state index in [-0.39, 0.29) is 10.8 Å². The van der Waals surface area contributed by atoms with Crippen molar-refractivity contribution in [1.82, 2.24) is 5.32 Å². The molecule has 0 aliphatic rings. The van der Waals surface area contributed by atoms with Crippen molar-refractivity contribution in [2.75, 3.05) is 13.7 Å². The molecule has 18 heavy (non-hydrogen) atoms. The van der Waals surface area contributed by atoms with Crippen molar-refractivity contribution in [3.05, 3.63) is 0 Å². The lowest BCUT2D eigenvalue weighted by atomic mass is 10.0. The monoisotopic (exact) mass is 273 g/mol. The second-order valence-corrected chi connectivity index (χ2v) is 14.1. The Labute approximate surface area is 116 Å². The summed E-state index contributed by atoms with van der Waals surface area (Å²) in [6, 6.07) is 0. The second-order valence-electron chi connectivity index (χ2n) is 8.12. The molecule has 0 heterocycles. The Bertz CT molecular complexity index is 264. The van der Waals surface area contributed by atoms with Crippen LogP contribution in [-0.2, 0) is 4.74 Å². The van der Waals surface area contributed by atoms with Gasteiger partial charge in [0.2, 0.25) is 0 Å².